The predicted octanol–water partition coefficient (Wildman–Crippen LogP) is 3.71. The normalized spacial score (nSPS) is 17.4. The third-order valence-corrected chi connectivity index (χ3v) is 11.8. The molecule has 0 radical (unpaired) electrons. The van der Waals surface area contributed by atoms with Crippen LogP contribution < -0.4 is 71.3 Å². The number of hydrogen-bond donors (Lipinski definition) is 0. The fraction of sp³-hybridized carbons (Fsp3) is 0.0870. The molecular weight excluding hydrogens is 1140 g/mol. The maximum absolute atomic E-state index is 7.06. The smallest absolute Gasteiger partial charge is 0.514 e. The zero-order chi connectivity index (χ0) is 40.0. The molecule has 8 heterocycles. The molecule has 0 N–H and O–H groups in total. The first-order valence-corrected chi connectivity index (χ1v) is 19.7. The van der Waals surface area contributed by atoms with Gasteiger partial charge in [-0.2, -0.15) is 50.9 Å². The van der Waals surface area contributed by atoms with Gasteiger partial charge in [0.15, 0.2) is 23.0 Å². The number of anilines is 4. The van der Waals surface area contributed by atoms with Crippen molar-refractivity contribution in [3.63, 3.8) is 0 Å². The third kappa shape index (κ3) is 5.82. The van der Waals surface area contributed by atoms with Crippen molar-refractivity contribution in [3.05, 3.63) is 149 Å². The van der Waals surface area contributed by atoms with Crippen LogP contribution in [0.2, 0.25) is 0 Å². The van der Waals surface area contributed by atoms with Crippen molar-refractivity contribution in [2.45, 2.75) is 0 Å². The van der Waals surface area contributed by atoms with E-state index in [1.165, 1.54) is 0 Å². The first kappa shape index (κ1) is 39.0. The van der Waals surface area contributed by atoms with Gasteiger partial charge in [-0.1, -0.05) is 0 Å². The van der Waals surface area contributed by atoms with Gasteiger partial charge in [0.25, 0.3) is 0 Å². The van der Waals surface area contributed by atoms with Gasteiger partial charge in [0.1, 0.15) is 0 Å². The van der Waals surface area contributed by atoms with Crippen LogP contribution in [-0.2, 0) is 42.1 Å². The summed E-state index contributed by atoms with van der Waals surface area (Å²) in [6.45, 7) is 7.29. The molecule has 5 aromatic rings. The minimum absolute atomic E-state index is 0. The molecule has 0 saturated carbocycles. The first-order chi connectivity index (χ1) is 29.3. The molecule has 0 bridgehead atoms. The standard InChI is InChI=1S/C46H32B2N8O4.2Pt/c1-49-13-17-53(25-49)29-5-9-37-33(21-29)47-34-22-30(54-18-14-50(2)26-54)6-10-38(34)58-44-41(47)43(57-37)45-42-46(44)60-40-12-8-32(56-20-16-52(4)28-56)24-36(40)48(42)35-23-31(7-11-39(35)59-45)55-19-15-51(3)27-55;;/h5-20,25-28H,1-4H3;;/q-8;2*+4. The third-order valence-electron chi connectivity index (χ3n) is 11.8. The first-order valence-electron chi connectivity index (χ1n) is 19.7. The van der Waals surface area contributed by atoms with E-state index in [0.29, 0.717) is 46.0 Å². The maximum atomic E-state index is 7.06. The van der Waals surface area contributed by atoms with Crippen LogP contribution in [-0.4, -0.2) is 61.2 Å². The second kappa shape index (κ2) is 14.4. The molecule has 0 aromatic heterocycles. The van der Waals surface area contributed by atoms with Gasteiger partial charge in [0.05, 0.1) is 0 Å². The van der Waals surface area contributed by atoms with Gasteiger partial charge in [-0.05, 0) is 77.8 Å². The number of ether oxygens (including phenoxy) is 4. The van der Waals surface area contributed by atoms with E-state index in [2.05, 4.69) is 43.9 Å². The molecule has 0 atom stereocenters. The average molecular weight is 1170 g/mol. The Kier molecular flexibility index (Phi) is 9.04. The van der Waals surface area contributed by atoms with Crippen molar-refractivity contribution in [1.29, 1.82) is 0 Å². The van der Waals surface area contributed by atoms with Gasteiger partial charge in [-0.15, -0.1) is 93.1 Å². The summed E-state index contributed by atoms with van der Waals surface area (Å²) in [7, 11) is 8.01. The van der Waals surface area contributed by atoms with Gasteiger partial charge in [-0.25, -0.2) is 0 Å². The van der Waals surface area contributed by atoms with E-state index in [0.717, 1.165) is 55.5 Å². The van der Waals surface area contributed by atoms with E-state index in [4.69, 9.17) is 18.9 Å². The molecule has 13 rings (SSSR count). The molecule has 0 unspecified atom stereocenters. The minimum atomic E-state index is -0.391. The molecule has 0 spiro atoms. The summed E-state index contributed by atoms with van der Waals surface area (Å²) < 4.78 is 28.2. The van der Waals surface area contributed by atoms with Crippen LogP contribution in [0, 0.1) is 50.9 Å². The molecule has 0 aliphatic carbocycles. The van der Waals surface area contributed by atoms with Crippen LogP contribution in [0.15, 0.2) is 98.1 Å². The van der Waals surface area contributed by atoms with Crippen LogP contribution in [0.5, 0.6) is 46.0 Å². The number of hydrogen-bond acceptors (Lipinski definition) is 12. The van der Waals surface area contributed by atoms with E-state index in [9.17, 15) is 0 Å². The van der Waals surface area contributed by atoms with E-state index >= 15 is 0 Å². The summed E-state index contributed by atoms with van der Waals surface area (Å²) in [5.41, 5.74) is 8.56. The molecule has 8 aliphatic rings. The summed E-state index contributed by atoms with van der Waals surface area (Å²) in [6, 6.07) is 31.2. The second-order valence-corrected chi connectivity index (χ2v) is 15.8. The van der Waals surface area contributed by atoms with Crippen molar-refractivity contribution < 1.29 is 61.1 Å². The van der Waals surface area contributed by atoms with Crippen LogP contribution in [0.3, 0.4) is 0 Å². The molecule has 62 heavy (non-hydrogen) atoms. The Balaban J connectivity index is 0.00000216. The minimum Gasteiger partial charge on any atom is -0.514 e. The Bertz CT molecular complexity index is 2480. The second-order valence-electron chi connectivity index (χ2n) is 15.8. The van der Waals surface area contributed by atoms with Crippen LogP contribution >= 0.6 is 0 Å². The molecule has 306 valence electrons. The van der Waals surface area contributed by atoms with Gasteiger partial charge >= 0.3 is 42.1 Å². The number of benzene rings is 5. The summed E-state index contributed by atoms with van der Waals surface area (Å²) in [5.74, 6) is 4.99. The van der Waals surface area contributed by atoms with Gasteiger partial charge in [-0.3, -0.25) is 0 Å². The van der Waals surface area contributed by atoms with Crippen molar-refractivity contribution in [3.8, 4) is 46.0 Å². The Morgan fingerprint density at radius 2 is 0.613 bits per heavy atom. The van der Waals surface area contributed by atoms with Crippen LogP contribution in [0.25, 0.3) is 0 Å². The summed E-state index contributed by atoms with van der Waals surface area (Å²) >= 11 is 0. The zero-order valence-electron chi connectivity index (χ0n) is 33.5. The summed E-state index contributed by atoms with van der Waals surface area (Å²) in [4.78, 5) is 16.2. The van der Waals surface area contributed by atoms with E-state index in [-0.39, 0.29) is 42.1 Å². The Morgan fingerprint density at radius 1 is 0.371 bits per heavy atom. The largest absolute Gasteiger partial charge is 4.00 e. The van der Waals surface area contributed by atoms with E-state index in [1.54, 1.807) is 0 Å². The average Bonchev–Trinajstić information content (AvgIpc) is 4.10. The van der Waals surface area contributed by atoms with Crippen LogP contribution in [0.1, 0.15) is 0 Å². The van der Waals surface area contributed by atoms with Crippen molar-refractivity contribution in [1.82, 2.24) is 19.6 Å². The van der Waals surface area contributed by atoms with Crippen molar-refractivity contribution in [2.75, 3.05) is 47.8 Å². The van der Waals surface area contributed by atoms with E-state index in [1.807, 2.05) is 173 Å². The fourth-order valence-corrected chi connectivity index (χ4v) is 9.06. The number of rotatable bonds is 4. The Hall–Kier alpha value is -5.83. The molecule has 0 fully saturated rings. The molecular formula is C46H32B2N8O4Pt2. The molecule has 0 amide bonds. The Labute approximate surface area is 390 Å². The van der Waals surface area contributed by atoms with Gasteiger partial charge in [0.2, 0.25) is 13.4 Å². The monoisotopic (exact) mass is 1170 g/mol. The fourth-order valence-electron chi connectivity index (χ4n) is 9.06. The SMILES string of the molecule is CN1C=CN(c2[c-]c3c(cc2)Oc2c4c5c(c6c2B3c2[c-]c(N3C=CN(C)[CH-]3)ccc2O6)Oc2ccc(N3C=CN(C)[CH-]3)[c-]c2B5c2[c-]c(N3C=CN(C)[CH-]3)ccc2O4)[CH-]1.[Pt+4].[Pt+4]. The predicted molar refractivity (Wildman–Crippen MR) is 232 cm³/mol. The molecule has 12 nitrogen and oxygen atoms in total. The van der Waals surface area contributed by atoms with Gasteiger partial charge in [0, 0.05) is 33.9 Å². The Morgan fingerprint density at radius 3 is 0.823 bits per heavy atom. The summed E-state index contributed by atoms with van der Waals surface area (Å²) in [5, 5.41) is 0. The topological polar surface area (TPSA) is 62.8 Å². The molecule has 16 heteroatoms. The summed E-state index contributed by atoms with van der Waals surface area (Å²) in [6.07, 6.45) is 16.1. The molecule has 0 saturated heterocycles. The zero-order valence-corrected chi connectivity index (χ0v) is 38.1. The van der Waals surface area contributed by atoms with Crippen molar-refractivity contribution >= 4 is 69.0 Å². The quantitative estimate of drug-likeness (QED) is 0.191. The van der Waals surface area contributed by atoms with Crippen molar-refractivity contribution in [2.24, 2.45) is 0 Å². The van der Waals surface area contributed by atoms with E-state index < -0.39 is 13.4 Å². The molecule has 5 aromatic carbocycles. The molecule has 8 aliphatic heterocycles. The number of nitrogens with zero attached hydrogens (tertiary/aromatic N) is 8. The van der Waals surface area contributed by atoms with Crippen LogP contribution in [0.4, 0.5) is 22.7 Å². The maximum Gasteiger partial charge on any atom is 4.00 e. The number of fused-ring (bicyclic) bond motifs is 10. The van der Waals surface area contributed by atoms with Gasteiger partial charge < -0.3 is 58.1 Å².